The summed E-state index contributed by atoms with van der Waals surface area (Å²) in [5, 5.41) is 0. The van der Waals surface area contributed by atoms with E-state index >= 15 is 0 Å². The van der Waals surface area contributed by atoms with Crippen LogP contribution >= 0.6 is 15.9 Å². The second kappa shape index (κ2) is 8.48. The predicted octanol–water partition coefficient (Wildman–Crippen LogP) is 5.39. The van der Waals surface area contributed by atoms with E-state index in [2.05, 4.69) is 15.9 Å². The van der Waals surface area contributed by atoms with Crippen LogP contribution in [0.1, 0.15) is 57.3 Å². The van der Waals surface area contributed by atoms with Crippen molar-refractivity contribution in [1.82, 2.24) is 4.90 Å². The summed E-state index contributed by atoms with van der Waals surface area (Å²) in [6, 6.07) is 12.2. The first-order chi connectivity index (χ1) is 15.5. The lowest BCUT2D eigenvalue weighted by Crippen LogP contribution is -2.49. The zero-order valence-corrected chi connectivity index (χ0v) is 20.9. The van der Waals surface area contributed by atoms with Crippen LogP contribution in [-0.2, 0) is 14.3 Å². The van der Waals surface area contributed by atoms with Gasteiger partial charge in [0.05, 0.1) is 30.8 Å². The summed E-state index contributed by atoms with van der Waals surface area (Å²) < 4.78 is 11.6. The van der Waals surface area contributed by atoms with Gasteiger partial charge in [0.15, 0.2) is 0 Å². The maximum absolute atomic E-state index is 13.5. The predicted molar refractivity (Wildman–Crippen MR) is 127 cm³/mol. The molecule has 174 valence electrons. The minimum atomic E-state index is -0.760. The van der Waals surface area contributed by atoms with Gasteiger partial charge < -0.3 is 14.4 Å². The number of halogens is 1. The van der Waals surface area contributed by atoms with Crippen LogP contribution < -0.4 is 9.64 Å². The van der Waals surface area contributed by atoms with Crippen molar-refractivity contribution in [2.75, 3.05) is 12.0 Å². The number of carbonyl (C=O) groups excluding carboxylic acids is 3. The molecule has 3 amide bonds. The second-order valence-electron chi connectivity index (χ2n) is 9.36. The quantitative estimate of drug-likeness (QED) is 0.548. The van der Waals surface area contributed by atoms with E-state index in [1.165, 1.54) is 0 Å². The Balaban J connectivity index is 1.78. The highest BCUT2D eigenvalue weighted by molar-refractivity contribution is 9.10. The third kappa shape index (κ3) is 4.24. The molecule has 33 heavy (non-hydrogen) atoms. The smallest absolute Gasteiger partial charge is 0.421 e. The van der Waals surface area contributed by atoms with Crippen molar-refractivity contribution in [3.63, 3.8) is 0 Å². The number of ether oxygens (including phenoxy) is 2. The van der Waals surface area contributed by atoms with Crippen LogP contribution in [0.4, 0.5) is 10.5 Å². The van der Waals surface area contributed by atoms with E-state index < -0.39 is 29.6 Å². The number of benzene rings is 2. The molecule has 7 nitrogen and oxygen atoms in total. The van der Waals surface area contributed by atoms with Crippen molar-refractivity contribution in [2.24, 2.45) is 5.92 Å². The zero-order chi connectivity index (χ0) is 24.1. The van der Waals surface area contributed by atoms with Crippen molar-refractivity contribution < 1.29 is 23.9 Å². The number of fused-ring (bicyclic) bond motifs is 3. The van der Waals surface area contributed by atoms with E-state index in [4.69, 9.17) is 9.47 Å². The molecule has 1 fully saturated rings. The fourth-order valence-electron chi connectivity index (χ4n) is 4.59. The molecular weight excluding hydrogens is 488 g/mol. The Bertz CT molecular complexity index is 1110. The number of hydrogen-bond donors (Lipinski definition) is 0. The highest BCUT2D eigenvalue weighted by atomic mass is 79.9. The summed E-state index contributed by atoms with van der Waals surface area (Å²) in [5.41, 5.74) is 1.36. The van der Waals surface area contributed by atoms with Gasteiger partial charge in [0.2, 0.25) is 11.8 Å². The van der Waals surface area contributed by atoms with Crippen LogP contribution in [0, 0.1) is 5.92 Å². The van der Waals surface area contributed by atoms with Crippen LogP contribution in [0.2, 0.25) is 0 Å². The molecule has 4 rings (SSSR count). The van der Waals surface area contributed by atoms with Crippen molar-refractivity contribution in [3.8, 4) is 5.75 Å². The molecule has 0 unspecified atom stereocenters. The van der Waals surface area contributed by atoms with Crippen LogP contribution in [0.25, 0.3) is 0 Å². The van der Waals surface area contributed by atoms with Crippen LogP contribution in [0.5, 0.6) is 5.75 Å². The molecule has 8 heteroatoms. The minimum absolute atomic E-state index is 0.0370. The number of nitrogens with zero attached hydrogens (tertiary/aromatic N) is 2. The number of anilines is 1. The van der Waals surface area contributed by atoms with E-state index in [-0.39, 0.29) is 18.4 Å². The van der Waals surface area contributed by atoms with E-state index in [1.54, 1.807) is 44.9 Å². The van der Waals surface area contributed by atoms with Crippen molar-refractivity contribution >= 4 is 39.5 Å². The maximum atomic E-state index is 13.5. The topological polar surface area (TPSA) is 76.2 Å². The first-order valence-corrected chi connectivity index (χ1v) is 11.6. The number of likely N-dealkylation sites (tertiary alicyclic amines) is 1. The summed E-state index contributed by atoms with van der Waals surface area (Å²) in [6.45, 7) is 7.20. The Morgan fingerprint density at radius 3 is 2.39 bits per heavy atom. The van der Waals surface area contributed by atoms with Gasteiger partial charge in [-0.1, -0.05) is 28.1 Å². The van der Waals surface area contributed by atoms with Gasteiger partial charge in [-0.25, -0.2) is 9.69 Å². The molecule has 0 bridgehead atoms. The number of hydrogen-bond acceptors (Lipinski definition) is 5. The molecule has 3 atom stereocenters. The number of carbonyl (C=O) groups is 3. The molecule has 0 saturated carbocycles. The highest BCUT2D eigenvalue weighted by Crippen LogP contribution is 2.51. The van der Waals surface area contributed by atoms with E-state index in [0.29, 0.717) is 5.69 Å². The van der Waals surface area contributed by atoms with Gasteiger partial charge >= 0.3 is 6.09 Å². The molecule has 0 radical (unpaired) electrons. The van der Waals surface area contributed by atoms with Crippen LogP contribution in [0.3, 0.4) is 0 Å². The molecule has 1 saturated heterocycles. The lowest BCUT2D eigenvalue weighted by Gasteiger charge is -2.40. The number of rotatable bonds is 3. The van der Waals surface area contributed by atoms with Gasteiger partial charge in [0, 0.05) is 16.5 Å². The van der Waals surface area contributed by atoms with Crippen LogP contribution in [0.15, 0.2) is 46.9 Å². The normalized spacial score (nSPS) is 20.9. The highest BCUT2D eigenvalue weighted by Gasteiger charge is 2.53. The number of amides is 3. The third-order valence-electron chi connectivity index (χ3n) is 6.04. The molecular formula is C25H27BrN2O5. The first kappa shape index (κ1) is 23.3. The maximum Gasteiger partial charge on any atom is 0.421 e. The summed E-state index contributed by atoms with van der Waals surface area (Å²) in [7, 11) is 1.60. The van der Waals surface area contributed by atoms with Gasteiger partial charge in [-0.2, -0.15) is 0 Å². The summed E-state index contributed by atoms with van der Waals surface area (Å²) in [4.78, 5) is 42.6. The molecule has 0 N–H and O–H groups in total. The first-order valence-electron chi connectivity index (χ1n) is 10.8. The van der Waals surface area contributed by atoms with Crippen LogP contribution in [-0.4, -0.2) is 35.5 Å². The van der Waals surface area contributed by atoms with Gasteiger partial charge in [0.1, 0.15) is 11.4 Å². The second-order valence-corrected chi connectivity index (χ2v) is 10.3. The Hall–Kier alpha value is -2.87. The lowest BCUT2D eigenvalue weighted by molar-refractivity contribution is -0.131. The SMILES string of the molecule is COc1ccc([C@@H](C)N2C(=O)C[C@H]3C(=O)N(C(=O)OC(C)(C)C)c4ccc(Br)cc4[C@H]32)cc1. The average molecular weight is 515 g/mol. The molecule has 2 aromatic rings. The number of methoxy groups -OCH3 is 1. The average Bonchev–Trinajstić information content (AvgIpc) is 3.10. The lowest BCUT2D eigenvalue weighted by atomic mass is 9.86. The summed E-state index contributed by atoms with van der Waals surface area (Å²) in [5.74, 6) is -0.486. The largest absolute Gasteiger partial charge is 0.497 e. The monoisotopic (exact) mass is 514 g/mol. The van der Waals surface area contributed by atoms with Gasteiger partial charge in [0.25, 0.3) is 0 Å². The summed E-state index contributed by atoms with van der Waals surface area (Å²) >= 11 is 3.50. The van der Waals surface area contributed by atoms with E-state index in [1.807, 2.05) is 37.3 Å². The molecule has 0 aromatic heterocycles. The van der Waals surface area contributed by atoms with E-state index in [0.717, 1.165) is 26.2 Å². The fourth-order valence-corrected chi connectivity index (χ4v) is 4.97. The van der Waals surface area contributed by atoms with Gasteiger partial charge in [-0.3, -0.25) is 9.59 Å². The molecule has 0 spiro atoms. The van der Waals surface area contributed by atoms with Gasteiger partial charge in [-0.05, 0) is 63.6 Å². The standard InChI is InChI=1S/C25H27BrN2O5/c1-14(15-6-9-17(32-5)10-7-15)27-21(29)13-19-22(27)18-12-16(26)8-11-20(18)28(23(19)30)24(31)33-25(2,3)4/h6-12,14,19,22H,13H2,1-5H3/t14-,19-,22-/m1/s1. The fraction of sp³-hybridized carbons (Fsp3) is 0.400. The minimum Gasteiger partial charge on any atom is -0.497 e. The Kier molecular flexibility index (Phi) is 5.99. The summed E-state index contributed by atoms with van der Waals surface area (Å²) in [6.07, 6.45) is -0.696. The molecule has 2 aliphatic heterocycles. The Morgan fingerprint density at radius 1 is 1.12 bits per heavy atom. The zero-order valence-electron chi connectivity index (χ0n) is 19.3. The number of imide groups is 1. The van der Waals surface area contributed by atoms with Crippen molar-refractivity contribution in [2.45, 2.75) is 51.8 Å². The molecule has 2 aromatic carbocycles. The molecule has 2 aliphatic rings. The third-order valence-corrected chi connectivity index (χ3v) is 6.53. The van der Waals surface area contributed by atoms with Gasteiger partial charge in [-0.15, -0.1) is 0 Å². The Morgan fingerprint density at radius 2 is 1.79 bits per heavy atom. The molecule has 2 heterocycles. The van der Waals surface area contributed by atoms with Crippen molar-refractivity contribution in [3.05, 3.63) is 58.1 Å². The molecule has 0 aliphatic carbocycles. The van der Waals surface area contributed by atoms with E-state index in [9.17, 15) is 14.4 Å². The van der Waals surface area contributed by atoms with Crippen molar-refractivity contribution in [1.29, 1.82) is 0 Å². The Labute approximate surface area is 201 Å².